The van der Waals surface area contributed by atoms with Crippen LogP contribution < -0.4 is 0 Å². The topological polar surface area (TPSA) is 136 Å². The molecule has 0 bridgehead atoms. The Bertz CT molecular complexity index is 739. The quantitative estimate of drug-likeness (QED) is 0.759. The largest absolute Gasteiger partial charge is 0.478 e. The van der Waals surface area contributed by atoms with E-state index in [1.807, 2.05) is 0 Å². The Kier molecular flexibility index (Phi) is 6.87. The summed E-state index contributed by atoms with van der Waals surface area (Å²) in [5.41, 5.74) is -0.814. The van der Waals surface area contributed by atoms with E-state index in [-0.39, 0.29) is 11.1 Å². The number of H-pyrrole nitrogens is 1. The van der Waals surface area contributed by atoms with E-state index in [4.69, 9.17) is 14.6 Å². The molecule has 0 spiro atoms. The molecule has 148 valence electrons. The molecule has 2 aromatic rings. The maximum Gasteiger partial charge on any atom is 0.435 e. The van der Waals surface area contributed by atoms with E-state index in [2.05, 4.69) is 15.3 Å². The van der Waals surface area contributed by atoms with Crippen LogP contribution in [0.5, 0.6) is 0 Å². The van der Waals surface area contributed by atoms with E-state index in [9.17, 15) is 14.4 Å². The lowest BCUT2D eigenvalue weighted by atomic mass is 10.2. The SMILES string of the molecule is CC(C)(C)OC(=O)c1cnn(C(=O)OC(C)(C)C)c1.O=C(O)c1cn[nH]c1. The minimum Gasteiger partial charge on any atom is -0.478 e. The number of carbonyl (C=O) groups excluding carboxylic acids is 2. The number of aromatic nitrogens is 4. The second-order valence-corrected chi connectivity index (χ2v) is 7.45. The van der Waals surface area contributed by atoms with E-state index in [0.717, 1.165) is 4.68 Å². The van der Waals surface area contributed by atoms with Gasteiger partial charge in [-0.05, 0) is 41.5 Å². The number of esters is 1. The zero-order valence-corrected chi connectivity index (χ0v) is 16.1. The summed E-state index contributed by atoms with van der Waals surface area (Å²) >= 11 is 0. The molecular weight excluding hydrogens is 356 g/mol. The normalized spacial score (nSPS) is 11.2. The molecule has 0 saturated heterocycles. The maximum atomic E-state index is 11.8. The number of rotatable bonds is 2. The fraction of sp³-hybridized carbons (Fsp3) is 0.471. The van der Waals surface area contributed by atoms with Crippen molar-refractivity contribution in [2.75, 3.05) is 0 Å². The lowest BCUT2D eigenvalue weighted by Crippen LogP contribution is -2.27. The number of carbonyl (C=O) groups is 3. The smallest absolute Gasteiger partial charge is 0.435 e. The molecule has 0 saturated carbocycles. The van der Waals surface area contributed by atoms with Gasteiger partial charge in [0, 0.05) is 6.20 Å². The summed E-state index contributed by atoms with van der Waals surface area (Å²) in [6, 6.07) is 0. The summed E-state index contributed by atoms with van der Waals surface area (Å²) in [4.78, 5) is 33.5. The van der Waals surface area contributed by atoms with Crippen molar-refractivity contribution in [1.29, 1.82) is 0 Å². The van der Waals surface area contributed by atoms with Crippen LogP contribution in [0.2, 0.25) is 0 Å². The summed E-state index contributed by atoms with van der Waals surface area (Å²) in [6.07, 6.45) is 4.51. The average molecular weight is 380 g/mol. The number of carboxylic acid groups (broad SMARTS) is 1. The summed E-state index contributed by atoms with van der Waals surface area (Å²) in [7, 11) is 0. The van der Waals surface area contributed by atoms with Crippen LogP contribution in [0.3, 0.4) is 0 Å². The summed E-state index contributed by atoms with van der Waals surface area (Å²) in [5.74, 6) is -1.49. The Hall–Kier alpha value is -3.17. The van der Waals surface area contributed by atoms with Gasteiger partial charge < -0.3 is 14.6 Å². The molecule has 0 amide bonds. The highest BCUT2D eigenvalue weighted by Crippen LogP contribution is 2.13. The maximum absolute atomic E-state index is 11.8. The zero-order valence-electron chi connectivity index (χ0n) is 16.1. The molecule has 0 aliphatic rings. The third-order valence-electron chi connectivity index (χ3n) is 2.54. The number of aromatic carboxylic acids is 1. The first-order valence-corrected chi connectivity index (χ1v) is 8.02. The summed E-state index contributed by atoms with van der Waals surface area (Å²) < 4.78 is 11.3. The molecular formula is C17H24N4O6. The lowest BCUT2D eigenvalue weighted by molar-refractivity contribution is 0.00693. The highest BCUT2D eigenvalue weighted by Gasteiger charge is 2.22. The third kappa shape index (κ3) is 8.17. The minimum absolute atomic E-state index is 0.185. The number of nitrogens with zero attached hydrogens (tertiary/aromatic N) is 3. The fourth-order valence-corrected chi connectivity index (χ4v) is 1.54. The number of hydrogen-bond donors (Lipinski definition) is 2. The van der Waals surface area contributed by atoms with Crippen molar-refractivity contribution in [3.63, 3.8) is 0 Å². The molecule has 0 aliphatic heterocycles. The van der Waals surface area contributed by atoms with E-state index >= 15 is 0 Å². The fourth-order valence-electron chi connectivity index (χ4n) is 1.54. The first kappa shape index (κ1) is 21.9. The second-order valence-electron chi connectivity index (χ2n) is 7.45. The zero-order chi connectivity index (χ0) is 20.8. The second kappa shape index (κ2) is 8.47. The molecule has 0 radical (unpaired) electrons. The molecule has 10 heteroatoms. The monoisotopic (exact) mass is 380 g/mol. The van der Waals surface area contributed by atoms with Crippen LogP contribution in [0.1, 0.15) is 62.3 Å². The Balaban J connectivity index is 0.000000377. The van der Waals surface area contributed by atoms with Crippen molar-refractivity contribution in [3.05, 3.63) is 35.9 Å². The van der Waals surface area contributed by atoms with Gasteiger partial charge in [-0.1, -0.05) is 0 Å². The van der Waals surface area contributed by atoms with Gasteiger partial charge in [-0.2, -0.15) is 14.9 Å². The molecule has 27 heavy (non-hydrogen) atoms. The molecule has 2 N–H and O–H groups in total. The molecule has 0 fully saturated rings. The van der Waals surface area contributed by atoms with Gasteiger partial charge in [-0.15, -0.1) is 0 Å². The predicted molar refractivity (Wildman–Crippen MR) is 94.6 cm³/mol. The average Bonchev–Trinajstić information content (AvgIpc) is 3.16. The molecule has 2 rings (SSSR count). The molecule has 0 unspecified atom stereocenters. The predicted octanol–water partition coefficient (Wildman–Crippen LogP) is 2.73. The molecule has 2 heterocycles. The number of hydrogen-bond acceptors (Lipinski definition) is 7. The first-order valence-electron chi connectivity index (χ1n) is 8.02. The number of nitrogens with one attached hydrogen (secondary N) is 1. The molecule has 2 aromatic heterocycles. The van der Waals surface area contributed by atoms with Crippen molar-refractivity contribution in [2.24, 2.45) is 0 Å². The summed E-state index contributed by atoms with van der Waals surface area (Å²) in [5, 5.41) is 17.8. The van der Waals surface area contributed by atoms with Gasteiger partial charge in [0.05, 0.1) is 29.7 Å². The number of carboxylic acids is 1. The molecule has 0 aromatic carbocycles. The lowest BCUT2D eigenvalue weighted by Gasteiger charge is -2.19. The van der Waals surface area contributed by atoms with Crippen molar-refractivity contribution in [3.8, 4) is 0 Å². The minimum atomic E-state index is -0.959. The molecule has 0 atom stereocenters. The van der Waals surface area contributed by atoms with Crippen LogP contribution in [-0.4, -0.2) is 54.3 Å². The Morgan fingerprint density at radius 2 is 1.59 bits per heavy atom. The van der Waals surface area contributed by atoms with Gasteiger partial charge in [0.1, 0.15) is 11.2 Å². The molecule has 0 aliphatic carbocycles. The highest BCUT2D eigenvalue weighted by molar-refractivity contribution is 5.90. The van der Waals surface area contributed by atoms with Gasteiger partial charge in [0.25, 0.3) is 0 Å². The van der Waals surface area contributed by atoms with Gasteiger partial charge >= 0.3 is 18.0 Å². The van der Waals surface area contributed by atoms with Crippen molar-refractivity contribution >= 4 is 18.0 Å². The molecule has 10 nitrogen and oxygen atoms in total. The standard InChI is InChI=1S/C13H20N2O4.C4H4N2O2/c1-12(2,3)18-10(16)9-7-14-15(8-9)11(17)19-13(4,5)6;7-4(8)3-1-5-6-2-3/h7-8H,1-6H3;1-2H,(H,5,6)(H,7,8). The van der Waals surface area contributed by atoms with Crippen LogP contribution in [0.25, 0.3) is 0 Å². The van der Waals surface area contributed by atoms with Crippen LogP contribution in [-0.2, 0) is 9.47 Å². The Labute approximate surface area is 156 Å². The Morgan fingerprint density at radius 1 is 1.00 bits per heavy atom. The number of aromatic amines is 1. The third-order valence-corrected chi connectivity index (χ3v) is 2.54. The van der Waals surface area contributed by atoms with E-state index in [1.54, 1.807) is 41.5 Å². The van der Waals surface area contributed by atoms with Crippen LogP contribution >= 0.6 is 0 Å². The summed E-state index contributed by atoms with van der Waals surface area (Å²) in [6.45, 7) is 10.6. The van der Waals surface area contributed by atoms with Crippen LogP contribution in [0.4, 0.5) is 4.79 Å². The number of ether oxygens (including phenoxy) is 2. The van der Waals surface area contributed by atoms with Crippen LogP contribution in [0.15, 0.2) is 24.8 Å². The first-order chi connectivity index (χ1) is 12.3. The van der Waals surface area contributed by atoms with Gasteiger partial charge in [0.2, 0.25) is 0 Å². The van der Waals surface area contributed by atoms with Gasteiger partial charge in [-0.3, -0.25) is 5.10 Å². The van der Waals surface area contributed by atoms with E-state index in [1.165, 1.54) is 24.8 Å². The van der Waals surface area contributed by atoms with Crippen molar-refractivity contribution < 1.29 is 29.0 Å². The van der Waals surface area contributed by atoms with Crippen LogP contribution in [0, 0.1) is 0 Å². The van der Waals surface area contributed by atoms with Crippen molar-refractivity contribution in [2.45, 2.75) is 52.7 Å². The van der Waals surface area contributed by atoms with Gasteiger partial charge in [-0.25, -0.2) is 14.4 Å². The van der Waals surface area contributed by atoms with Gasteiger partial charge in [0.15, 0.2) is 0 Å². The van der Waals surface area contributed by atoms with E-state index in [0.29, 0.717) is 0 Å². The van der Waals surface area contributed by atoms with Crippen molar-refractivity contribution in [1.82, 2.24) is 20.0 Å². The van der Waals surface area contributed by atoms with E-state index < -0.39 is 29.2 Å². The highest BCUT2D eigenvalue weighted by atomic mass is 16.6. The Morgan fingerprint density at radius 3 is 2.00 bits per heavy atom.